The van der Waals surface area contributed by atoms with Gasteiger partial charge < -0.3 is 4.90 Å². The zero-order valence-electron chi connectivity index (χ0n) is 11.1. The Morgan fingerprint density at radius 2 is 1.80 bits per heavy atom. The molecule has 0 aliphatic heterocycles. The smallest absolute Gasteiger partial charge is 0.253 e. The number of hydrogen-bond acceptors (Lipinski definition) is 1. The molecule has 0 fully saturated rings. The van der Waals surface area contributed by atoms with Gasteiger partial charge in [-0.1, -0.05) is 35.9 Å². The van der Waals surface area contributed by atoms with E-state index in [0.717, 1.165) is 11.1 Å². The lowest BCUT2D eigenvalue weighted by molar-refractivity contribution is 0.0785. The molecule has 0 unspecified atom stereocenters. The first-order valence-corrected chi connectivity index (χ1v) is 7.16. The average Bonchev–Trinajstić information content (AvgIpc) is 2.46. The molecule has 20 heavy (non-hydrogen) atoms. The Bertz CT molecular complexity index is 613. The maximum atomic E-state index is 12.4. The highest BCUT2D eigenvalue weighted by Crippen LogP contribution is 2.14. The van der Waals surface area contributed by atoms with Gasteiger partial charge in [0.2, 0.25) is 0 Å². The molecule has 0 saturated carbocycles. The van der Waals surface area contributed by atoms with Gasteiger partial charge in [-0.15, -0.1) is 11.6 Å². The zero-order chi connectivity index (χ0) is 14.5. The molecule has 4 heteroatoms. The van der Waals surface area contributed by atoms with E-state index in [0.29, 0.717) is 23.0 Å². The Balaban J connectivity index is 2.12. The molecule has 0 radical (unpaired) electrons. The molecule has 104 valence electrons. The highest BCUT2D eigenvalue weighted by Gasteiger charge is 2.12. The lowest BCUT2D eigenvalue weighted by Crippen LogP contribution is -2.26. The van der Waals surface area contributed by atoms with Crippen LogP contribution in [0.5, 0.6) is 0 Å². The van der Waals surface area contributed by atoms with Crippen LogP contribution in [0.3, 0.4) is 0 Å². The van der Waals surface area contributed by atoms with Crippen LogP contribution in [0, 0.1) is 0 Å². The van der Waals surface area contributed by atoms with Crippen LogP contribution < -0.4 is 0 Å². The van der Waals surface area contributed by atoms with Crippen LogP contribution in [0.25, 0.3) is 0 Å². The molecule has 0 spiro atoms. The third-order valence-corrected chi connectivity index (χ3v) is 3.53. The second-order valence-corrected chi connectivity index (χ2v) is 5.33. The van der Waals surface area contributed by atoms with Gasteiger partial charge in [0, 0.05) is 30.1 Å². The van der Waals surface area contributed by atoms with Crippen molar-refractivity contribution in [2.45, 2.75) is 12.4 Å². The van der Waals surface area contributed by atoms with Gasteiger partial charge in [-0.25, -0.2) is 0 Å². The third-order valence-electron chi connectivity index (χ3n) is 2.98. The summed E-state index contributed by atoms with van der Waals surface area (Å²) in [5.74, 6) is 0.371. The lowest BCUT2D eigenvalue weighted by atomic mass is 10.1. The van der Waals surface area contributed by atoms with Crippen molar-refractivity contribution in [3.05, 3.63) is 70.2 Å². The van der Waals surface area contributed by atoms with E-state index in [1.807, 2.05) is 42.5 Å². The van der Waals surface area contributed by atoms with Crippen LogP contribution >= 0.6 is 23.2 Å². The van der Waals surface area contributed by atoms with Crippen molar-refractivity contribution in [3.8, 4) is 0 Å². The van der Waals surface area contributed by atoms with Crippen molar-refractivity contribution in [2.24, 2.45) is 0 Å². The normalized spacial score (nSPS) is 10.3. The van der Waals surface area contributed by atoms with E-state index < -0.39 is 0 Å². The molecule has 0 aliphatic carbocycles. The first-order valence-electron chi connectivity index (χ1n) is 6.25. The standard InChI is InChI=1S/C16H15Cl2NO/c1-19(11-13-5-3-7-15(18)9-13)16(20)14-6-2-4-12(8-14)10-17/h2-9H,10-11H2,1H3. The van der Waals surface area contributed by atoms with Crippen LogP contribution in [0.15, 0.2) is 48.5 Å². The number of alkyl halides is 1. The number of carbonyl (C=O) groups is 1. The fraction of sp³-hybridized carbons (Fsp3) is 0.188. The van der Waals surface area contributed by atoms with Crippen LogP contribution in [0.4, 0.5) is 0 Å². The summed E-state index contributed by atoms with van der Waals surface area (Å²) < 4.78 is 0. The second kappa shape index (κ2) is 6.78. The van der Waals surface area contributed by atoms with Crippen molar-refractivity contribution < 1.29 is 4.79 Å². The van der Waals surface area contributed by atoms with Crippen LogP contribution in [-0.2, 0) is 12.4 Å². The summed E-state index contributed by atoms with van der Waals surface area (Å²) in [6.45, 7) is 0.518. The van der Waals surface area contributed by atoms with E-state index >= 15 is 0 Å². The zero-order valence-corrected chi connectivity index (χ0v) is 12.7. The molecule has 0 aromatic heterocycles. The molecule has 2 aromatic rings. The first-order chi connectivity index (χ1) is 9.60. The van der Waals surface area contributed by atoms with Crippen molar-refractivity contribution >= 4 is 29.1 Å². The number of benzene rings is 2. The quantitative estimate of drug-likeness (QED) is 0.769. The van der Waals surface area contributed by atoms with Crippen LogP contribution in [0.2, 0.25) is 5.02 Å². The molecule has 2 aromatic carbocycles. The van der Waals surface area contributed by atoms with Crippen molar-refractivity contribution in [3.63, 3.8) is 0 Å². The van der Waals surface area contributed by atoms with Gasteiger partial charge in [-0.2, -0.15) is 0 Å². The van der Waals surface area contributed by atoms with Gasteiger partial charge in [0.25, 0.3) is 5.91 Å². The minimum atomic E-state index is -0.0306. The second-order valence-electron chi connectivity index (χ2n) is 4.63. The summed E-state index contributed by atoms with van der Waals surface area (Å²) in [7, 11) is 1.77. The fourth-order valence-electron chi connectivity index (χ4n) is 1.99. The number of carbonyl (C=O) groups excluding carboxylic acids is 1. The summed E-state index contributed by atoms with van der Waals surface area (Å²) >= 11 is 11.7. The molecule has 0 N–H and O–H groups in total. The maximum Gasteiger partial charge on any atom is 0.253 e. The van der Waals surface area contributed by atoms with Gasteiger partial charge in [-0.3, -0.25) is 4.79 Å². The van der Waals surface area contributed by atoms with E-state index in [-0.39, 0.29) is 5.91 Å². The van der Waals surface area contributed by atoms with Crippen molar-refractivity contribution in [2.75, 3.05) is 7.05 Å². The predicted molar refractivity (Wildman–Crippen MR) is 83.2 cm³/mol. The van der Waals surface area contributed by atoms with Gasteiger partial charge in [0.05, 0.1) is 0 Å². The molecule has 2 rings (SSSR count). The summed E-state index contributed by atoms with van der Waals surface area (Å²) in [5.41, 5.74) is 2.59. The SMILES string of the molecule is CN(Cc1cccc(Cl)c1)C(=O)c1cccc(CCl)c1. The Hall–Kier alpha value is -1.51. The van der Waals surface area contributed by atoms with Crippen molar-refractivity contribution in [1.82, 2.24) is 4.90 Å². The minimum absolute atomic E-state index is 0.0306. The average molecular weight is 308 g/mol. The number of rotatable bonds is 4. The largest absolute Gasteiger partial charge is 0.337 e. The minimum Gasteiger partial charge on any atom is -0.337 e. The molecule has 0 heterocycles. The molecule has 0 bridgehead atoms. The highest BCUT2D eigenvalue weighted by molar-refractivity contribution is 6.30. The Kier molecular flexibility index (Phi) is 5.05. The van der Waals surface area contributed by atoms with E-state index in [9.17, 15) is 4.79 Å². The summed E-state index contributed by atoms with van der Waals surface area (Å²) in [6, 6.07) is 14.9. The first kappa shape index (κ1) is 14.9. The van der Waals surface area contributed by atoms with Crippen LogP contribution in [-0.4, -0.2) is 17.9 Å². The van der Waals surface area contributed by atoms with Gasteiger partial charge in [0.1, 0.15) is 0 Å². The number of halogens is 2. The molecule has 1 amide bonds. The fourth-order valence-corrected chi connectivity index (χ4v) is 2.37. The molecular formula is C16H15Cl2NO. The van der Waals surface area contributed by atoms with Crippen molar-refractivity contribution in [1.29, 1.82) is 0 Å². The molecule has 0 aliphatic rings. The topological polar surface area (TPSA) is 20.3 Å². The molecule has 0 atom stereocenters. The summed E-state index contributed by atoms with van der Waals surface area (Å²) in [6.07, 6.45) is 0. The van der Waals surface area contributed by atoms with Gasteiger partial charge in [-0.05, 0) is 35.4 Å². The van der Waals surface area contributed by atoms with Crippen LogP contribution in [0.1, 0.15) is 21.5 Å². The molecule has 0 saturated heterocycles. The number of nitrogens with zero attached hydrogens (tertiary/aromatic N) is 1. The van der Waals surface area contributed by atoms with Gasteiger partial charge in [0.15, 0.2) is 0 Å². The monoisotopic (exact) mass is 307 g/mol. The van der Waals surface area contributed by atoms with E-state index in [4.69, 9.17) is 23.2 Å². The van der Waals surface area contributed by atoms with E-state index in [1.165, 1.54) is 0 Å². The Labute approximate surface area is 128 Å². The Morgan fingerprint density at radius 1 is 1.10 bits per heavy atom. The number of hydrogen-bond donors (Lipinski definition) is 0. The summed E-state index contributed by atoms with van der Waals surface area (Å²) in [4.78, 5) is 14.0. The third kappa shape index (κ3) is 3.75. The highest BCUT2D eigenvalue weighted by atomic mass is 35.5. The van der Waals surface area contributed by atoms with E-state index in [2.05, 4.69) is 0 Å². The molecule has 2 nitrogen and oxygen atoms in total. The molecular weight excluding hydrogens is 293 g/mol. The van der Waals surface area contributed by atoms with E-state index in [1.54, 1.807) is 18.0 Å². The predicted octanol–water partition coefficient (Wildman–Crippen LogP) is 4.35. The maximum absolute atomic E-state index is 12.4. The lowest BCUT2D eigenvalue weighted by Gasteiger charge is -2.17. The summed E-state index contributed by atoms with van der Waals surface area (Å²) in [5, 5.41) is 0.674. The van der Waals surface area contributed by atoms with Gasteiger partial charge >= 0.3 is 0 Å². The Morgan fingerprint density at radius 3 is 2.50 bits per heavy atom. The number of amides is 1.